The van der Waals surface area contributed by atoms with Crippen molar-refractivity contribution in [3.05, 3.63) is 64.7 Å². The van der Waals surface area contributed by atoms with Crippen LogP contribution in [-0.4, -0.2) is 36.4 Å². The highest BCUT2D eigenvalue weighted by molar-refractivity contribution is 8.15. The highest BCUT2D eigenvalue weighted by Gasteiger charge is 2.44. The van der Waals surface area contributed by atoms with Gasteiger partial charge in [-0.2, -0.15) is 0 Å². The third kappa shape index (κ3) is 4.03. The number of halogens is 1. The molecule has 0 N–H and O–H groups in total. The lowest BCUT2D eigenvalue weighted by molar-refractivity contribution is 0.601. The summed E-state index contributed by atoms with van der Waals surface area (Å²) in [6, 6.07) is 16.1. The van der Waals surface area contributed by atoms with Gasteiger partial charge in [0.2, 0.25) is 0 Å². The Kier molecular flexibility index (Phi) is 5.23. The van der Waals surface area contributed by atoms with Gasteiger partial charge in [0.05, 0.1) is 24.1 Å². The normalized spacial score (nSPS) is 23.1. The van der Waals surface area contributed by atoms with Crippen molar-refractivity contribution in [2.24, 2.45) is 4.99 Å². The molecule has 27 heavy (non-hydrogen) atoms. The SMILES string of the molecule is CCc1ccc(N(Cc2ccccc2Cl)C2=N[C@@H]3CS(=O)(=O)C[C@@H]3S2)cc1. The third-order valence-corrected chi connectivity index (χ3v) is 8.59. The van der Waals surface area contributed by atoms with Crippen molar-refractivity contribution in [1.29, 1.82) is 0 Å². The minimum Gasteiger partial charge on any atom is -0.317 e. The second kappa shape index (κ2) is 7.49. The fourth-order valence-electron chi connectivity index (χ4n) is 3.45. The number of fused-ring (bicyclic) bond motifs is 1. The molecule has 142 valence electrons. The van der Waals surface area contributed by atoms with E-state index in [2.05, 4.69) is 36.1 Å². The maximum absolute atomic E-state index is 11.9. The quantitative estimate of drug-likeness (QED) is 0.744. The summed E-state index contributed by atoms with van der Waals surface area (Å²) in [6.07, 6.45) is 0.989. The van der Waals surface area contributed by atoms with Crippen LogP contribution >= 0.6 is 23.4 Å². The summed E-state index contributed by atoms with van der Waals surface area (Å²) in [5.74, 6) is 0.368. The molecule has 1 fully saturated rings. The molecular weight excluding hydrogens is 400 g/mol. The molecule has 0 amide bonds. The second-order valence-corrected chi connectivity index (χ2v) is 10.7. The lowest BCUT2D eigenvalue weighted by Crippen LogP contribution is -2.28. The van der Waals surface area contributed by atoms with Crippen molar-refractivity contribution in [3.63, 3.8) is 0 Å². The number of amidine groups is 1. The van der Waals surface area contributed by atoms with Crippen LogP contribution in [0.15, 0.2) is 53.5 Å². The first-order valence-electron chi connectivity index (χ1n) is 9.00. The summed E-state index contributed by atoms with van der Waals surface area (Å²) in [5.41, 5.74) is 3.34. The van der Waals surface area contributed by atoms with E-state index in [9.17, 15) is 8.42 Å². The van der Waals surface area contributed by atoms with E-state index in [0.29, 0.717) is 6.54 Å². The van der Waals surface area contributed by atoms with Crippen LogP contribution in [0.1, 0.15) is 18.1 Å². The van der Waals surface area contributed by atoms with Crippen molar-refractivity contribution in [1.82, 2.24) is 0 Å². The Bertz CT molecular complexity index is 974. The van der Waals surface area contributed by atoms with E-state index >= 15 is 0 Å². The first-order chi connectivity index (χ1) is 12.9. The summed E-state index contributed by atoms with van der Waals surface area (Å²) in [4.78, 5) is 6.92. The molecule has 0 unspecified atom stereocenters. The number of thioether (sulfide) groups is 1. The third-order valence-electron chi connectivity index (χ3n) is 4.98. The molecule has 0 saturated carbocycles. The van der Waals surface area contributed by atoms with E-state index in [1.165, 1.54) is 5.56 Å². The predicted octanol–water partition coefficient (Wildman–Crippen LogP) is 4.18. The molecule has 0 spiro atoms. The Balaban J connectivity index is 1.67. The minimum absolute atomic E-state index is 0.0219. The van der Waals surface area contributed by atoms with E-state index in [1.807, 2.05) is 24.3 Å². The van der Waals surface area contributed by atoms with Crippen molar-refractivity contribution in [3.8, 4) is 0 Å². The zero-order chi connectivity index (χ0) is 19.0. The summed E-state index contributed by atoms with van der Waals surface area (Å²) < 4.78 is 23.8. The number of hydrogen-bond acceptors (Lipinski definition) is 5. The molecule has 7 heteroatoms. The molecule has 1 saturated heterocycles. The number of anilines is 1. The smallest absolute Gasteiger partial charge is 0.164 e. The van der Waals surface area contributed by atoms with Gasteiger partial charge < -0.3 is 4.90 Å². The molecular formula is C20H21ClN2O2S2. The predicted molar refractivity (Wildman–Crippen MR) is 115 cm³/mol. The van der Waals surface area contributed by atoms with Gasteiger partial charge in [0.25, 0.3) is 0 Å². The van der Waals surface area contributed by atoms with Crippen LogP contribution in [-0.2, 0) is 22.8 Å². The monoisotopic (exact) mass is 420 g/mol. The Morgan fingerprint density at radius 3 is 2.56 bits per heavy atom. The van der Waals surface area contributed by atoms with Crippen LogP contribution in [0.4, 0.5) is 5.69 Å². The van der Waals surface area contributed by atoms with Gasteiger partial charge in [-0.25, -0.2) is 8.42 Å². The Labute approximate surface area is 169 Å². The zero-order valence-corrected chi connectivity index (χ0v) is 17.4. The van der Waals surface area contributed by atoms with Crippen LogP contribution in [0, 0.1) is 0 Å². The van der Waals surface area contributed by atoms with Crippen molar-refractivity contribution in [2.75, 3.05) is 16.4 Å². The first kappa shape index (κ1) is 18.8. The van der Waals surface area contributed by atoms with E-state index in [1.54, 1.807) is 11.8 Å². The van der Waals surface area contributed by atoms with Crippen LogP contribution in [0.5, 0.6) is 0 Å². The summed E-state index contributed by atoms with van der Waals surface area (Å²) >= 11 is 7.97. The number of nitrogens with zero attached hydrogens (tertiary/aromatic N) is 2. The fourth-order valence-corrected chi connectivity index (χ4v) is 7.42. The highest BCUT2D eigenvalue weighted by Crippen LogP contribution is 2.37. The van der Waals surface area contributed by atoms with Crippen molar-refractivity contribution < 1.29 is 8.42 Å². The minimum atomic E-state index is -2.96. The summed E-state index contributed by atoms with van der Waals surface area (Å²) in [6.45, 7) is 2.73. The van der Waals surface area contributed by atoms with E-state index in [4.69, 9.17) is 16.6 Å². The van der Waals surface area contributed by atoms with Crippen molar-refractivity contribution in [2.45, 2.75) is 31.2 Å². The average Bonchev–Trinajstić information content (AvgIpc) is 3.14. The fraction of sp³-hybridized carbons (Fsp3) is 0.350. The van der Waals surface area contributed by atoms with Crippen LogP contribution < -0.4 is 4.90 Å². The van der Waals surface area contributed by atoms with E-state index in [-0.39, 0.29) is 22.8 Å². The maximum atomic E-state index is 11.9. The van der Waals surface area contributed by atoms with Gasteiger partial charge in [0, 0.05) is 16.0 Å². The highest BCUT2D eigenvalue weighted by atomic mass is 35.5. The molecule has 2 aliphatic heterocycles. The maximum Gasteiger partial charge on any atom is 0.164 e. The van der Waals surface area contributed by atoms with E-state index in [0.717, 1.165) is 27.9 Å². The number of hydrogen-bond donors (Lipinski definition) is 0. The molecule has 0 radical (unpaired) electrons. The average molecular weight is 421 g/mol. The molecule has 2 aromatic rings. The number of benzene rings is 2. The first-order valence-corrected chi connectivity index (χ1v) is 12.1. The summed E-state index contributed by atoms with van der Waals surface area (Å²) in [5, 5.41) is 1.62. The van der Waals surface area contributed by atoms with Crippen LogP contribution in [0.2, 0.25) is 5.02 Å². The van der Waals surface area contributed by atoms with Gasteiger partial charge in [0.1, 0.15) is 0 Å². The standard InChI is InChI=1S/C20H21ClN2O2S2/c1-2-14-7-9-16(10-8-14)23(11-15-5-3-4-6-17(15)21)20-22-18-12-27(24,25)13-19(18)26-20/h3-10,18-19H,2,11-13H2,1H3/t18-,19+/m1/s1. The topological polar surface area (TPSA) is 49.7 Å². The van der Waals surface area contributed by atoms with Gasteiger partial charge in [0.15, 0.2) is 15.0 Å². The summed E-state index contributed by atoms with van der Waals surface area (Å²) in [7, 11) is -2.96. The number of aryl methyl sites for hydroxylation is 1. The molecule has 4 rings (SSSR count). The van der Waals surface area contributed by atoms with E-state index < -0.39 is 9.84 Å². The largest absolute Gasteiger partial charge is 0.317 e. The van der Waals surface area contributed by atoms with Crippen LogP contribution in [0.3, 0.4) is 0 Å². The zero-order valence-electron chi connectivity index (χ0n) is 15.0. The van der Waals surface area contributed by atoms with Gasteiger partial charge in [-0.15, -0.1) is 0 Å². The molecule has 0 bridgehead atoms. The van der Waals surface area contributed by atoms with Gasteiger partial charge in [-0.05, 0) is 35.7 Å². The van der Waals surface area contributed by atoms with Gasteiger partial charge in [-0.1, -0.05) is 60.6 Å². The number of aliphatic imine (C=N–C) groups is 1. The molecule has 0 aliphatic carbocycles. The molecule has 2 atom stereocenters. The van der Waals surface area contributed by atoms with Gasteiger partial charge in [-0.3, -0.25) is 4.99 Å². The van der Waals surface area contributed by atoms with Gasteiger partial charge >= 0.3 is 0 Å². The molecule has 4 nitrogen and oxygen atoms in total. The number of rotatable bonds is 4. The lowest BCUT2D eigenvalue weighted by atomic mass is 10.1. The molecule has 0 aromatic heterocycles. The molecule has 2 aromatic carbocycles. The van der Waals surface area contributed by atoms with Crippen LogP contribution in [0.25, 0.3) is 0 Å². The lowest BCUT2D eigenvalue weighted by Gasteiger charge is -2.25. The molecule has 2 heterocycles. The Morgan fingerprint density at radius 2 is 1.89 bits per heavy atom. The van der Waals surface area contributed by atoms with Crippen molar-refractivity contribution >= 4 is 44.1 Å². The Hall–Kier alpha value is -1.50. The second-order valence-electron chi connectivity index (χ2n) is 6.91. The molecule has 2 aliphatic rings. The Morgan fingerprint density at radius 1 is 1.15 bits per heavy atom. The number of sulfone groups is 1.